The van der Waals surface area contributed by atoms with Crippen LogP contribution in [0.5, 0.6) is 17.2 Å². The molecule has 2 heteroatoms. The summed E-state index contributed by atoms with van der Waals surface area (Å²) in [5.74, 6) is 1.87. The first kappa shape index (κ1) is 16.2. The van der Waals surface area contributed by atoms with Crippen LogP contribution in [0.3, 0.4) is 0 Å². The second-order valence-electron chi connectivity index (χ2n) is 7.50. The smallest absolute Gasteiger partial charge is 0.139 e. The van der Waals surface area contributed by atoms with Gasteiger partial charge in [0.25, 0.3) is 0 Å². The second-order valence-corrected chi connectivity index (χ2v) is 7.50. The molecule has 138 valence electrons. The highest BCUT2D eigenvalue weighted by Crippen LogP contribution is 2.53. The van der Waals surface area contributed by atoms with E-state index in [1.807, 2.05) is 36.4 Å². The zero-order valence-electron chi connectivity index (χ0n) is 15.7. The van der Waals surface area contributed by atoms with Gasteiger partial charge in [0.2, 0.25) is 0 Å². The van der Waals surface area contributed by atoms with Gasteiger partial charge in [0.05, 0.1) is 0 Å². The molecule has 0 saturated carbocycles. The van der Waals surface area contributed by atoms with Gasteiger partial charge in [0, 0.05) is 33.9 Å². The van der Waals surface area contributed by atoms with Crippen LogP contribution in [-0.2, 0) is 0 Å². The van der Waals surface area contributed by atoms with Crippen LogP contribution in [0.15, 0.2) is 97.1 Å². The predicted molar refractivity (Wildman–Crippen MR) is 117 cm³/mol. The van der Waals surface area contributed by atoms with Gasteiger partial charge < -0.3 is 9.84 Å². The summed E-state index contributed by atoms with van der Waals surface area (Å²) in [5.41, 5.74) is 3.47. The molecule has 0 amide bonds. The summed E-state index contributed by atoms with van der Waals surface area (Å²) in [4.78, 5) is 0. The van der Waals surface area contributed by atoms with Crippen molar-refractivity contribution in [3.8, 4) is 17.2 Å². The number of rotatable bonds is 1. The molecule has 0 saturated heterocycles. The van der Waals surface area contributed by atoms with E-state index in [0.29, 0.717) is 0 Å². The van der Waals surface area contributed by atoms with Crippen LogP contribution in [0.2, 0.25) is 0 Å². The van der Waals surface area contributed by atoms with Crippen molar-refractivity contribution in [2.45, 2.75) is 5.92 Å². The lowest BCUT2D eigenvalue weighted by Gasteiger charge is -2.31. The summed E-state index contributed by atoms with van der Waals surface area (Å²) in [7, 11) is 0. The van der Waals surface area contributed by atoms with Gasteiger partial charge in [-0.15, -0.1) is 0 Å². The zero-order chi connectivity index (χ0) is 19.4. The molecule has 0 fully saturated rings. The summed E-state index contributed by atoms with van der Waals surface area (Å²) in [6.07, 6.45) is 0. The number of benzene rings is 5. The van der Waals surface area contributed by atoms with Crippen LogP contribution in [0.4, 0.5) is 0 Å². The molecule has 0 spiro atoms. The van der Waals surface area contributed by atoms with E-state index in [-0.39, 0.29) is 11.7 Å². The SMILES string of the molecule is Oc1cc2c(c3ccccc13)C(c1ccccc1)c1ccc3ccccc3c1O2. The van der Waals surface area contributed by atoms with Crippen molar-refractivity contribution in [1.29, 1.82) is 0 Å². The third-order valence-corrected chi connectivity index (χ3v) is 5.88. The van der Waals surface area contributed by atoms with E-state index in [9.17, 15) is 5.11 Å². The molecule has 1 aliphatic rings. The van der Waals surface area contributed by atoms with Crippen molar-refractivity contribution >= 4 is 21.5 Å². The lowest BCUT2D eigenvalue weighted by atomic mass is 9.79. The Labute approximate surface area is 168 Å². The highest BCUT2D eigenvalue weighted by atomic mass is 16.5. The van der Waals surface area contributed by atoms with Crippen LogP contribution in [0.25, 0.3) is 21.5 Å². The fourth-order valence-electron chi connectivity index (χ4n) is 4.59. The minimum absolute atomic E-state index is 0.0325. The van der Waals surface area contributed by atoms with Crippen molar-refractivity contribution in [2.24, 2.45) is 0 Å². The monoisotopic (exact) mass is 374 g/mol. The molecular weight excluding hydrogens is 356 g/mol. The Bertz CT molecular complexity index is 1390. The molecule has 0 aliphatic carbocycles. The second kappa shape index (κ2) is 6.11. The van der Waals surface area contributed by atoms with E-state index in [1.165, 1.54) is 5.56 Å². The number of phenols is 1. The van der Waals surface area contributed by atoms with Crippen molar-refractivity contribution in [3.63, 3.8) is 0 Å². The number of hydrogen-bond donors (Lipinski definition) is 1. The highest BCUT2D eigenvalue weighted by molar-refractivity contribution is 5.97. The minimum Gasteiger partial charge on any atom is -0.507 e. The Morgan fingerprint density at radius 1 is 0.655 bits per heavy atom. The lowest BCUT2D eigenvalue weighted by molar-refractivity contribution is 0.445. The quantitative estimate of drug-likeness (QED) is 0.336. The lowest BCUT2D eigenvalue weighted by Crippen LogP contribution is -2.12. The predicted octanol–water partition coefficient (Wildman–Crippen LogP) is 6.98. The average molecular weight is 374 g/mol. The Morgan fingerprint density at radius 3 is 2.17 bits per heavy atom. The molecule has 6 rings (SSSR count). The number of aromatic hydroxyl groups is 1. The van der Waals surface area contributed by atoms with E-state index >= 15 is 0 Å². The van der Waals surface area contributed by atoms with Crippen molar-refractivity contribution < 1.29 is 9.84 Å². The summed E-state index contributed by atoms with van der Waals surface area (Å²) in [6, 6.07) is 32.9. The topological polar surface area (TPSA) is 29.5 Å². The first-order chi connectivity index (χ1) is 14.3. The molecule has 1 aliphatic heterocycles. The van der Waals surface area contributed by atoms with Crippen LogP contribution < -0.4 is 4.74 Å². The molecule has 5 aromatic carbocycles. The first-order valence-electron chi connectivity index (χ1n) is 9.80. The number of phenolic OH excluding ortho intramolecular Hbond substituents is 1. The maximum atomic E-state index is 10.7. The summed E-state index contributed by atoms with van der Waals surface area (Å²) >= 11 is 0. The van der Waals surface area contributed by atoms with Crippen LogP contribution >= 0.6 is 0 Å². The van der Waals surface area contributed by atoms with Gasteiger partial charge in [0.1, 0.15) is 17.2 Å². The van der Waals surface area contributed by atoms with E-state index in [2.05, 4.69) is 54.6 Å². The number of hydrogen-bond acceptors (Lipinski definition) is 2. The molecule has 1 heterocycles. The summed E-state index contributed by atoms with van der Waals surface area (Å²) < 4.78 is 6.47. The summed E-state index contributed by atoms with van der Waals surface area (Å²) in [6.45, 7) is 0. The fourth-order valence-corrected chi connectivity index (χ4v) is 4.59. The molecule has 0 radical (unpaired) electrons. The molecule has 1 unspecified atom stereocenters. The molecule has 1 atom stereocenters. The van der Waals surface area contributed by atoms with E-state index < -0.39 is 0 Å². The molecule has 2 nitrogen and oxygen atoms in total. The highest BCUT2D eigenvalue weighted by Gasteiger charge is 2.32. The van der Waals surface area contributed by atoms with Gasteiger partial charge in [-0.25, -0.2) is 0 Å². The largest absolute Gasteiger partial charge is 0.507 e. The molecular formula is C27H18O2. The molecule has 0 aromatic heterocycles. The average Bonchev–Trinajstić information content (AvgIpc) is 2.78. The molecule has 0 bridgehead atoms. The number of ether oxygens (including phenoxy) is 1. The van der Waals surface area contributed by atoms with E-state index in [0.717, 1.165) is 44.2 Å². The van der Waals surface area contributed by atoms with Crippen LogP contribution in [0, 0.1) is 0 Å². The van der Waals surface area contributed by atoms with Crippen LogP contribution in [-0.4, -0.2) is 5.11 Å². The van der Waals surface area contributed by atoms with Gasteiger partial charge in [-0.05, 0) is 16.3 Å². The van der Waals surface area contributed by atoms with Gasteiger partial charge >= 0.3 is 0 Å². The maximum absolute atomic E-state index is 10.7. The van der Waals surface area contributed by atoms with Crippen molar-refractivity contribution in [1.82, 2.24) is 0 Å². The third-order valence-electron chi connectivity index (χ3n) is 5.88. The molecule has 5 aromatic rings. The first-order valence-corrected chi connectivity index (χ1v) is 9.80. The zero-order valence-corrected chi connectivity index (χ0v) is 15.7. The standard InChI is InChI=1S/C27H18O2/c28-23-16-24-26(21-13-7-6-12-20(21)23)25(18-9-2-1-3-10-18)22-15-14-17-8-4-5-11-19(17)27(22)29-24/h1-16,25,28H. The van der Waals surface area contributed by atoms with Gasteiger partial charge in [-0.1, -0.05) is 91.0 Å². The van der Waals surface area contributed by atoms with Crippen LogP contribution in [0.1, 0.15) is 22.6 Å². The summed E-state index contributed by atoms with van der Waals surface area (Å²) in [5, 5.41) is 14.8. The van der Waals surface area contributed by atoms with E-state index in [1.54, 1.807) is 6.07 Å². The van der Waals surface area contributed by atoms with Gasteiger partial charge in [0.15, 0.2) is 0 Å². The Kier molecular flexibility index (Phi) is 3.41. The fraction of sp³-hybridized carbons (Fsp3) is 0.0370. The van der Waals surface area contributed by atoms with Crippen molar-refractivity contribution in [3.05, 3.63) is 114 Å². The van der Waals surface area contributed by atoms with Gasteiger partial charge in [-0.2, -0.15) is 0 Å². The maximum Gasteiger partial charge on any atom is 0.139 e. The van der Waals surface area contributed by atoms with E-state index in [4.69, 9.17) is 4.74 Å². The Hall–Kier alpha value is -3.78. The minimum atomic E-state index is 0.0325. The molecule has 1 N–H and O–H groups in total. The Balaban J connectivity index is 1.75. The normalized spacial score (nSPS) is 15.0. The number of fused-ring (bicyclic) bond motifs is 6. The third kappa shape index (κ3) is 2.36. The van der Waals surface area contributed by atoms with Gasteiger partial charge in [-0.3, -0.25) is 0 Å². The Morgan fingerprint density at radius 2 is 1.34 bits per heavy atom. The van der Waals surface area contributed by atoms with Crippen molar-refractivity contribution in [2.75, 3.05) is 0 Å². The molecule has 29 heavy (non-hydrogen) atoms.